The quantitative estimate of drug-likeness (QED) is 0.572. The first-order valence-corrected chi connectivity index (χ1v) is 6.24. The van der Waals surface area contributed by atoms with Gasteiger partial charge in [-0.1, -0.05) is 18.2 Å². The van der Waals surface area contributed by atoms with Gasteiger partial charge in [0.2, 0.25) is 0 Å². The summed E-state index contributed by atoms with van der Waals surface area (Å²) in [6.07, 6.45) is 3.15. The van der Waals surface area contributed by atoms with Crippen LogP contribution in [0.1, 0.15) is 38.8 Å². The highest BCUT2D eigenvalue weighted by Crippen LogP contribution is 2.18. The fraction of sp³-hybridized carbons (Fsp3) is 0.467. The molecule has 2 nitrogen and oxygen atoms in total. The van der Waals surface area contributed by atoms with Crippen molar-refractivity contribution >= 4 is 0 Å². The molecule has 0 fully saturated rings. The largest absolute Gasteiger partial charge is 0.491 e. The van der Waals surface area contributed by atoms with Gasteiger partial charge in [-0.25, -0.2) is 0 Å². The van der Waals surface area contributed by atoms with Crippen LogP contribution >= 0.6 is 0 Å². The van der Waals surface area contributed by atoms with E-state index in [0.717, 1.165) is 18.7 Å². The van der Waals surface area contributed by atoms with Crippen LogP contribution < -0.4 is 10.1 Å². The lowest BCUT2D eigenvalue weighted by molar-refractivity contribution is 0.242. The topological polar surface area (TPSA) is 21.3 Å². The van der Waals surface area contributed by atoms with E-state index in [-0.39, 0.29) is 6.10 Å². The van der Waals surface area contributed by atoms with Crippen molar-refractivity contribution in [2.75, 3.05) is 6.54 Å². The Morgan fingerprint density at radius 2 is 1.88 bits per heavy atom. The maximum absolute atomic E-state index is 5.61. The molecule has 0 heterocycles. The maximum Gasteiger partial charge on any atom is 0.119 e. The minimum absolute atomic E-state index is 0.226. The monoisotopic (exact) mass is 233 g/mol. The molecule has 17 heavy (non-hydrogen) atoms. The summed E-state index contributed by atoms with van der Waals surface area (Å²) in [6.45, 7) is 10.9. The number of benzene rings is 1. The Morgan fingerprint density at radius 3 is 2.41 bits per heavy atom. The second kappa shape index (κ2) is 7.13. The van der Waals surface area contributed by atoms with E-state index in [1.54, 1.807) is 0 Å². The summed E-state index contributed by atoms with van der Waals surface area (Å²) >= 11 is 0. The molecule has 1 aromatic rings. The molecule has 0 aliphatic heterocycles. The first-order chi connectivity index (χ1) is 8.13. The van der Waals surface area contributed by atoms with Crippen molar-refractivity contribution in [1.29, 1.82) is 0 Å². The second-order valence-corrected chi connectivity index (χ2v) is 4.49. The molecule has 0 aliphatic carbocycles. The third kappa shape index (κ3) is 5.05. The van der Waals surface area contributed by atoms with E-state index in [1.807, 2.05) is 32.1 Å². The summed E-state index contributed by atoms with van der Waals surface area (Å²) in [5.41, 5.74) is 1.28. The van der Waals surface area contributed by atoms with Gasteiger partial charge in [-0.05, 0) is 51.4 Å². The van der Waals surface area contributed by atoms with Crippen LogP contribution in [0.25, 0.3) is 0 Å². The van der Waals surface area contributed by atoms with E-state index < -0.39 is 0 Å². The smallest absolute Gasteiger partial charge is 0.119 e. The lowest BCUT2D eigenvalue weighted by Gasteiger charge is -2.15. The SMILES string of the molecule is C=CCCNC(C)c1ccc(OC(C)C)cc1. The zero-order valence-corrected chi connectivity index (χ0v) is 11.1. The molecule has 1 rings (SSSR count). The van der Waals surface area contributed by atoms with E-state index in [9.17, 15) is 0 Å². The summed E-state index contributed by atoms with van der Waals surface area (Å²) in [6, 6.07) is 8.65. The van der Waals surface area contributed by atoms with Crippen LogP contribution in [-0.2, 0) is 0 Å². The normalized spacial score (nSPS) is 12.5. The summed E-state index contributed by atoms with van der Waals surface area (Å²) in [5.74, 6) is 0.932. The van der Waals surface area contributed by atoms with Crippen molar-refractivity contribution in [3.63, 3.8) is 0 Å². The van der Waals surface area contributed by atoms with Gasteiger partial charge in [0, 0.05) is 6.04 Å². The van der Waals surface area contributed by atoms with Gasteiger partial charge in [-0.2, -0.15) is 0 Å². The van der Waals surface area contributed by atoms with Crippen LogP contribution in [0, 0.1) is 0 Å². The molecular weight excluding hydrogens is 210 g/mol. The third-order valence-electron chi connectivity index (χ3n) is 2.55. The standard InChI is InChI=1S/C15H23NO/c1-5-6-11-16-13(4)14-7-9-15(10-8-14)17-12(2)3/h5,7-10,12-13,16H,1,6,11H2,2-4H3. The zero-order chi connectivity index (χ0) is 12.7. The Labute approximate surface area is 105 Å². The molecule has 0 amide bonds. The molecule has 0 saturated carbocycles. The Kier molecular flexibility index (Phi) is 5.78. The van der Waals surface area contributed by atoms with Crippen molar-refractivity contribution in [2.24, 2.45) is 0 Å². The minimum atomic E-state index is 0.226. The van der Waals surface area contributed by atoms with E-state index >= 15 is 0 Å². The molecule has 0 spiro atoms. The molecule has 1 unspecified atom stereocenters. The molecule has 0 radical (unpaired) electrons. The number of hydrogen-bond acceptors (Lipinski definition) is 2. The number of ether oxygens (including phenoxy) is 1. The van der Waals surface area contributed by atoms with Crippen molar-refractivity contribution < 1.29 is 4.74 Å². The molecule has 1 atom stereocenters. The molecule has 0 bridgehead atoms. The van der Waals surface area contributed by atoms with Crippen LogP contribution in [-0.4, -0.2) is 12.6 Å². The highest BCUT2D eigenvalue weighted by atomic mass is 16.5. The van der Waals surface area contributed by atoms with E-state index in [2.05, 4.69) is 31.0 Å². The Balaban J connectivity index is 2.51. The molecule has 1 aromatic carbocycles. The van der Waals surface area contributed by atoms with Gasteiger partial charge in [0.25, 0.3) is 0 Å². The average Bonchev–Trinajstić information content (AvgIpc) is 2.29. The maximum atomic E-state index is 5.61. The first kappa shape index (κ1) is 13.8. The number of nitrogens with one attached hydrogen (secondary N) is 1. The molecule has 0 aliphatic rings. The summed E-state index contributed by atoms with van der Waals surface area (Å²) in [4.78, 5) is 0. The summed E-state index contributed by atoms with van der Waals surface area (Å²) in [7, 11) is 0. The van der Waals surface area contributed by atoms with Gasteiger partial charge in [0.05, 0.1) is 6.10 Å². The van der Waals surface area contributed by atoms with Gasteiger partial charge < -0.3 is 10.1 Å². The highest BCUT2D eigenvalue weighted by Gasteiger charge is 2.04. The Bertz CT molecular complexity index is 329. The molecule has 2 heteroatoms. The minimum Gasteiger partial charge on any atom is -0.491 e. The molecule has 94 valence electrons. The lowest BCUT2D eigenvalue weighted by Crippen LogP contribution is -2.19. The van der Waals surface area contributed by atoms with Crippen LogP contribution in [0.3, 0.4) is 0 Å². The predicted molar refractivity (Wildman–Crippen MR) is 73.4 cm³/mol. The molecule has 0 aromatic heterocycles. The van der Waals surface area contributed by atoms with Crippen molar-refractivity contribution in [2.45, 2.75) is 39.3 Å². The average molecular weight is 233 g/mol. The van der Waals surface area contributed by atoms with Crippen molar-refractivity contribution in [3.8, 4) is 5.75 Å². The van der Waals surface area contributed by atoms with Gasteiger partial charge in [-0.3, -0.25) is 0 Å². The summed E-state index contributed by atoms with van der Waals surface area (Å²) in [5, 5.41) is 3.45. The van der Waals surface area contributed by atoms with Gasteiger partial charge in [-0.15, -0.1) is 6.58 Å². The van der Waals surface area contributed by atoms with Crippen LogP contribution in [0.15, 0.2) is 36.9 Å². The summed E-state index contributed by atoms with van der Waals surface area (Å²) < 4.78 is 5.61. The van der Waals surface area contributed by atoms with Gasteiger partial charge in [0.1, 0.15) is 5.75 Å². The van der Waals surface area contributed by atoms with E-state index in [4.69, 9.17) is 4.74 Å². The zero-order valence-electron chi connectivity index (χ0n) is 11.1. The van der Waals surface area contributed by atoms with Crippen molar-refractivity contribution in [3.05, 3.63) is 42.5 Å². The van der Waals surface area contributed by atoms with E-state index in [1.165, 1.54) is 5.56 Å². The molecular formula is C15H23NO. The fourth-order valence-corrected chi connectivity index (χ4v) is 1.63. The third-order valence-corrected chi connectivity index (χ3v) is 2.55. The van der Waals surface area contributed by atoms with Crippen LogP contribution in [0.4, 0.5) is 0 Å². The highest BCUT2D eigenvalue weighted by molar-refractivity contribution is 5.29. The lowest BCUT2D eigenvalue weighted by atomic mass is 10.1. The molecule has 0 saturated heterocycles. The van der Waals surface area contributed by atoms with E-state index in [0.29, 0.717) is 6.04 Å². The van der Waals surface area contributed by atoms with Crippen LogP contribution in [0.5, 0.6) is 5.75 Å². The number of hydrogen-bond donors (Lipinski definition) is 1. The number of rotatable bonds is 7. The second-order valence-electron chi connectivity index (χ2n) is 4.49. The van der Waals surface area contributed by atoms with Gasteiger partial charge in [0.15, 0.2) is 0 Å². The first-order valence-electron chi connectivity index (χ1n) is 6.24. The fourth-order valence-electron chi connectivity index (χ4n) is 1.63. The Hall–Kier alpha value is -1.28. The molecule has 1 N–H and O–H groups in total. The van der Waals surface area contributed by atoms with Crippen LogP contribution in [0.2, 0.25) is 0 Å². The van der Waals surface area contributed by atoms with Gasteiger partial charge >= 0.3 is 0 Å². The Morgan fingerprint density at radius 1 is 1.24 bits per heavy atom. The predicted octanol–water partition coefficient (Wildman–Crippen LogP) is 3.70. The van der Waals surface area contributed by atoms with Crippen molar-refractivity contribution in [1.82, 2.24) is 5.32 Å².